The second-order valence-electron chi connectivity index (χ2n) is 8.39. The average molecular weight is 448 g/mol. The molecule has 1 N–H and O–H groups in total. The molecular weight excluding hydrogens is 422 g/mol. The largest absolute Gasteiger partial charge is 0.340 e. The predicted octanol–water partition coefficient (Wildman–Crippen LogP) is 4.58. The van der Waals surface area contributed by atoms with Crippen LogP contribution in [-0.2, 0) is 10.0 Å². The lowest BCUT2D eigenvalue weighted by atomic mass is 10.1. The molecule has 0 atom stereocenters. The highest BCUT2D eigenvalue weighted by atomic mass is 32.2. The van der Waals surface area contributed by atoms with Gasteiger partial charge in [0.1, 0.15) is 5.82 Å². The first-order valence-corrected chi connectivity index (χ1v) is 12.0. The third-order valence-electron chi connectivity index (χ3n) is 5.77. The monoisotopic (exact) mass is 447 g/mol. The lowest BCUT2D eigenvalue weighted by molar-refractivity contribution is 0.521. The van der Waals surface area contributed by atoms with E-state index < -0.39 is 10.0 Å². The van der Waals surface area contributed by atoms with E-state index in [0.29, 0.717) is 5.92 Å². The highest BCUT2D eigenvalue weighted by Crippen LogP contribution is 2.40. The zero-order chi connectivity index (χ0) is 22.5. The van der Waals surface area contributed by atoms with Gasteiger partial charge in [-0.3, -0.25) is 0 Å². The first-order valence-electron chi connectivity index (χ1n) is 10.6. The van der Waals surface area contributed by atoms with Gasteiger partial charge in [0.15, 0.2) is 5.65 Å². The van der Waals surface area contributed by atoms with E-state index in [1.54, 1.807) is 24.3 Å². The van der Waals surface area contributed by atoms with Crippen molar-refractivity contribution in [2.75, 3.05) is 19.4 Å². The summed E-state index contributed by atoms with van der Waals surface area (Å²) in [4.78, 5) is 5.13. The molecule has 2 aromatic heterocycles. The number of nitrogens with zero attached hydrogens (tertiary/aromatic N) is 4. The fraction of sp³-hybridized carbons (Fsp3) is 0.250. The van der Waals surface area contributed by atoms with Crippen molar-refractivity contribution < 1.29 is 8.42 Å². The summed E-state index contributed by atoms with van der Waals surface area (Å²) in [5, 5.41) is 8.21. The summed E-state index contributed by atoms with van der Waals surface area (Å²) >= 11 is 0. The zero-order valence-electron chi connectivity index (χ0n) is 18.3. The maximum Gasteiger partial charge on any atom is 0.242 e. The van der Waals surface area contributed by atoms with Crippen LogP contribution >= 0.6 is 0 Å². The summed E-state index contributed by atoms with van der Waals surface area (Å²) < 4.78 is 27.8. The number of hydrogen-bond donors (Lipinski definition) is 1. The molecule has 2 heterocycles. The standard InChI is InChI=1S/C24H25N5O2S/c1-16-6-4-5-7-20(16)22-15-23(29-24(26-22)14-21(27-29)17-8-9-17)25-18-10-12-19(13-11-18)32(30,31)28(2)3/h4-7,10-15,17,25H,8-9H2,1-3H3. The lowest BCUT2D eigenvalue weighted by Gasteiger charge is -2.14. The molecule has 8 heteroatoms. The van der Waals surface area contributed by atoms with Crippen molar-refractivity contribution in [2.24, 2.45) is 0 Å². The molecule has 4 aromatic rings. The Morgan fingerprint density at radius 3 is 2.41 bits per heavy atom. The number of aryl methyl sites for hydroxylation is 1. The van der Waals surface area contributed by atoms with E-state index in [1.807, 2.05) is 22.7 Å². The van der Waals surface area contributed by atoms with Crippen molar-refractivity contribution in [3.63, 3.8) is 0 Å². The average Bonchev–Trinajstić information content (AvgIpc) is 3.53. The molecule has 1 fully saturated rings. The van der Waals surface area contributed by atoms with Gasteiger partial charge in [0.25, 0.3) is 0 Å². The normalized spacial score (nSPS) is 14.2. The summed E-state index contributed by atoms with van der Waals surface area (Å²) in [5.41, 5.74) is 5.72. The molecule has 1 saturated carbocycles. The smallest absolute Gasteiger partial charge is 0.242 e. The van der Waals surface area contributed by atoms with Crippen LogP contribution < -0.4 is 5.32 Å². The van der Waals surface area contributed by atoms with Gasteiger partial charge >= 0.3 is 0 Å². The van der Waals surface area contributed by atoms with Crippen LogP contribution in [0.1, 0.15) is 30.0 Å². The van der Waals surface area contributed by atoms with E-state index in [9.17, 15) is 8.42 Å². The number of rotatable bonds is 6. The molecule has 32 heavy (non-hydrogen) atoms. The number of nitrogens with one attached hydrogen (secondary N) is 1. The van der Waals surface area contributed by atoms with E-state index in [1.165, 1.54) is 31.2 Å². The van der Waals surface area contributed by atoms with Gasteiger partial charge in [0, 0.05) is 43.4 Å². The van der Waals surface area contributed by atoms with Crippen LogP contribution in [0.15, 0.2) is 65.6 Å². The van der Waals surface area contributed by atoms with Crippen LogP contribution in [0, 0.1) is 6.92 Å². The second kappa shape index (κ2) is 7.72. The molecule has 0 amide bonds. The van der Waals surface area contributed by atoms with Gasteiger partial charge in [0.2, 0.25) is 10.0 Å². The van der Waals surface area contributed by atoms with Gasteiger partial charge < -0.3 is 5.32 Å². The quantitative estimate of drug-likeness (QED) is 0.468. The first-order chi connectivity index (χ1) is 15.3. The summed E-state index contributed by atoms with van der Waals surface area (Å²) in [6, 6.07) is 19.0. The predicted molar refractivity (Wildman–Crippen MR) is 126 cm³/mol. The minimum atomic E-state index is -3.47. The van der Waals surface area contributed by atoms with Gasteiger partial charge in [-0.25, -0.2) is 17.7 Å². The minimum Gasteiger partial charge on any atom is -0.340 e. The fourth-order valence-corrected chi connectivity index (χ4v) is 4.63. The molecule has 0 saturated heterocycles. The molecular formula is C24H25N5O2S. The van der Waals surface area contributed by atoms with Gasteiger partial charge in [-0.05, 0) is 49.6 Å². The number of benzene rings is 2. The molecule has 164 valence electrons. The SMILES string of the molecule is Cc1ccccc1-c1cc(Nc2ccc(S(=O)(=O)N(C)C)cc2)n2nc(C3CC3)cc2n1. The Morgan fingerprint density at radius 2 is 1.75 bits per heavy atom. The molecule has 1 aliphatic carbocycles. The molecule has 0 aliphatic heterocycles. The molecule has 0 radical (unpaired) electrons. The van der Waals surface area contributed by atoms with Gasteiger partial charge in [0.05, 0.1) is 16.3 Å². The summed E-state index contributed by atoms with van der Waals surface area (Å²) in [7, 11) is -0.419. The fourth-order valence-electron chi connectivity index (χ4n) is 3.73. The van der Waals surface area contributed by atoms with Crippen LogP contribution in [0.4, 0.5) is 11.5 Å². The van der Waals surface area contributed by atoms with E-state index in [2.05, 4.69) is 30.4 Å². The lowest BCUT2D eigenvalue weighted by Crippen LogP contribution is -2.22. The highest BCUT2D eigenvalue weighted by molar-refractivity contribution is 7.89. The first kappa shape index (κ1) is 20.7. The van der Waals surface area contributed by atoms with Crippen molar-refractivity contribution in [3.8, 4) is 11.3 Å². The van der Waals surface area contributed by atoms with Crippen molar-refractivity contribution in [2.45, 2.75) is 30.6 Å². The molecule has 0 spiro atoms. The maximum atomic E-state index is 12.4. The molecule has 0 unspecified atom stereocenters. The topological polar surface area (TPSA) is 79.6 Å². The Labute approximate surface area is 187 Å². The Morgan fingerprint density at radius 1 is 1.03 bits per heavy atom. The van der Waals surface area contributed by atoms with Crippen LogP contribution in [0.2, 0.25) is 0 Å². The Hall–Kier alpha value is -3.23. The zero-order valence-corrected chi connectivity index (χ0v) is 19.1. The second-order valence-corrected chi connectivity index (χ2v) is 10.5. The number of aromatic nitrogens is 3. The van der Waals surface area contributed by atoms with E-state index >= 15 is 0 Å². The summed E-state index contributed by atoms with van der Waals surface area (Å²) in [6.45, 7) is 2.07. The van der Waals surface area contributed by atoms with Crippen molar-refractivity contribution in [1.82, 2.24) is 18.9 Å². The molecule has 2 aromatic carbocycles. The Bertz CT molecular complexity index is 1400. The summed E-state index contributed by atoms with van der Waals surface area (Å²) in [5.74, 6) is 1.30. The maximum absolute atomic E-state index is 12.4. The third-order valence-corrected chi connectivity index (χ3v) is 7.60. The number of anilines is 2. The van der Waals surface area contributed by atoms with Crippen molar-refractivity contribution >= 4 is 27.2 Å². The number of sulfonamides is 1. The van der Waals surface area contributed by atoms with Crippen molar-refractivity contribution in [3.05, 3.63) is 71.9 Å². The molecule has 7 nitrogen and oxygen atoms in total. The van der Waals surface area contributed by atoms with Crippen LogP contribution in [0.5, 0.6) is 0 Å². The molecule has 1 aliphatic rings. The highest BCUT2D eigenvalue weighted by Gasteiger charge is 2.27. The van der Waals surface area contributed by atoms with E-state index in [0.717, 1.165) is 39.7 Å². The summed E-state index contributed by atoms with van der Waals surface area (Å²) in [6.07, 6.45) is 2.33. The van der Waals surface area contributed by atoms with Crippen LogP contribution in [0.3, 0.4) is 0 Å². The van der Waals surface area contributed by atoms with Crippen LogP contribution in [-0.4, -0.2) is 41.4 Å². The van der Waals surface area contributed by atoms with E-state index in [-0.39, 0.29) is 4.90 Å². The molecule has 5 rings (SSSR count). The van der Waals surface area contributed by atoms with Crippen molar-refractivity contribution in [1.29, 1.82) is 0 Å². The van der Waals surface area contributed by atoms with Crippen LogP contribution in [0.25, 0.3) is 16.9 Å². The number of fused-ring (bicyclic) bond motifs is 1. The van der Waals surface area contributed by atoms with E-state index in [4.69, 9.17) is 10.1 Å². The number of hydrogen-bond acceptors (Lipinski definition) is 5. The third kappa shape index (κ3) is 3.76. The molecule has 0 bridgehead atoms. The Balaban J connectivity index is 1.57. The van der Waals surface area contributed by atoms with Gasteiger partial charge in [-0.2, -0.15) is 9.61 Å². The van der Waals surface area contributed by atoms with Gasteiger partial charge in [-0.1, -0.05) is 24.3 Å². The minimum absolute atomic E-state index is 0.253. The Kier molecular flexibility index (Phi) is 4.98. The van der Waals surface area contributed by atoms with Gasteiger partial charge in [-0.15, -0.1) is 0 Å².